The predicted octanol–water partition coefficient (Wildman–Crippen LogP) is 2.42. The molecule has 0 fully saturated rings. The van der Waals surface area contributed by atoms with Crippen LogP contribution in [-0.2, 0) is 18.0 Å². The molecule has 0 saturated heterocycles. The zero-order valence-corrected chi connectivity index (χ0v) is 13.9. The zero-order valence-electron chi connectivity index (χ0n) is 13.9. The summed E-state index contributed by atoms with van der Waals surface area (Å²) in [5.41, 5.74) is 1.16. The maximum atomic E-state index is 12.5. The number of hydrogen-bond donors (Lipinski definition) is 2. The molecule has 0 unspecified atom stereocenters. The Morgan fingerprint density at radius 1 is 1.16 bits per heavy atom. The molecule has 6 nitrogen and oxygen atoms in total. The van der Waals surface area contributed by atoms with E-state index >= 15 is 0 Å². The number of nitrogens with one attached hydrogen (secondary N) is 2. The van der Waals surface area contributed by atoms with Crippen LogP contribution in [0.4, 0.5) is 18.9 Å². The highest BCUT2D eigenvalue weighted by Gasteiger charge is 2.30. The van der Waals surface area contributed by atoms with E-state index in [9.17, 15) is 22.8 Å². The average Bonchev–Trinajstić information content (AvgIpc) is 2.78. The molecule has 9 heteroatoms. The molecule has 0 radical (unpaired) electrons. The Hall–Kier alpha value is -2.84. The highest BCUT2D eigenvalue weighted by Crippen LogP contribution is 2.29. The largest absolute Gasteiger partial charge is 0.416 e. The number of anilines is 1. The van der Waals surface area contributed by atoms with Crippen molar-refractivity contribution >= 4 is 17.5 Å². The minimum atomic E-state index is -4.46. The van der Waals surface area contributed by atoms with Gasteiger partial charge in [0, 0.05) is 12.6 Å². The van der Waals surface area contributed by atoms with Crippen molar-refractivity contribution in [2.45, 2.75) is 20.0 Å². The van der Waals surface area contributed by atoms with Gasteiger partial charge < -0.3 is 10.6 Å². The van der Waals surface area contributed by atoms with E-state index in [0.29, 0.717) is 11.4 Å². The van der Waals surface area contributed by atoms with Gasteiger partial charge in [0.1, 0.15) is 0 Å². The summed E-state index contributed by atoms with van der Waals surface area (Å²) in [7, 11) is 1.74. The number of carbonyl (C=O) groups excluding carboxylic acids is 2. The van der Waals surface area contributed by atoms with Crippen molar-refractivity contribution in [3.05, 3.63) is 46.8 Å². The number of carbonyl (C=O) groups is 2. The van der Waals surface area contributed by atoms with Crippen molar-refractivity contribution in [2.24, 2.45) is 7.05 Å². The molecule has 2 rings (SSSR count). The number of aryl methyl sites for hydroxylation is 2. The molecule has 0 aliphatic heterocycles. The Morgan fingerprint density at radius 3 is 2.24 bits per heavy atom. The number of aromatic nitrogens is 2. The highest BCUT2D eigenvalue weighted by molar-refractivity contribution is 5.99. The van der Waals surface area contributed by atoms with E-state index in [1.54, 1.807) is 25.6 Å². The Balaban J connectivity index is 1.94. The first-order valence-corrected chi connectivity index (χ1v) is 7.35. The van der Waals surface area contributed by atoms with E-state index in [1.165, 1.54) is 0 Å². The molecule has 0 aliphatic carbocycles. The SMILES string of the molecule is Cc1nn(C)c(C)c1NC(=O)CNC(=O)c1ccc(C(F)(F)F)cc1. The fourth-order valence-corrected chi connectivity index (χ4v) is 2.21. The lowest BCUT2D eigenvalue weighted by atomic mass is 10.1. The van der Waals surface area contributed by atoms with Crippen molar-refractivity contribution in [3.63, 3.8) is 0 Å². The number of alkyl halides is 3. The minimum absolute atomic E-state index is 0.0366. The van der Waals surface area contributed by atoms with E-state index in [4.69, 9.17) is 0 Å². The van der Waals surface area contributed by atoms with Crippen LogP contribution in [0.5, 0.6) is 0 Å². The number of amides is 2. The van der Waals surface area contributed by atoms with E-state index in [-0.39, 0.29) is 12.1 Å². The Bertz CT molecular complexity index is 795. The van der Waals surface area contributed by atoms with Gasteiger partial charge in [-0.2, -0.15) is 18.3 Å². The third-order valence-electron chi connectivity index (χ3n) is 3.66. The molecule has 1 heterocycles. The lowest BCUT2D eigenvalue weighted by Gasteiger charge is -2.09. The van der Waals surface area contributed by atoms with Crippen LogP contribution in [0.25, 0.3) is 0 Å². The number of halogens is 3. The van der Waals surface area contributed by atoms with E-state index in [2.05, 4.69) is 15.7 Å². The Labute approximate surface area is 142 Å². The summed E-state index contributed by atoms with van der Waals surface area (Å²) in [6.07, 6.45) is -4.46. The summed E-state index contributed by atoms with van der Waals surface area (Å²) in [5.74, 6) is -1.09. The standard InChI is InChI=1S/C16H17F3N4O2/c1-9-14(10(2)23(3)22-9)21-13(24)8-20-15(25)11-4-6-12(7-5-11)16(17,18)19/h4-7H,8H2,1-3H3,(H,20,25)(H,21,24). The monoisotopic (exact) mass is 354 g/mol. The topological polar surface area (TPSA) is 76.0 Å². The maximum absolute atomic E-state index is 12.5. The molecule has 25 heavy (non-hydrogen) atoms. The number of hydrogen-bond acceptors (Lipinski definition) is 3. The van der Waals surface area contributed by atoms with Crippen molar-refractivity contribution in [1.29, 1.82) is 0 Å². The maximum Gasteiger partial charge on any atom is 0.416 e. The van der Waals surface area contributed by atoms with Crippen LogP contribution >= 0.6 is 0 Å². The van der Waals surface area contributed by atoms with Crippen LogP contribution < -0.4 is 10.6 Å². The second-order valence-electron chi connectivity index (χ2n) is 5.48. The van der Waals surface area contributed by atoms with Gasteiger partial charge in [-0.1, -0.05) is 0 Å². The smallest absolute Gasteiger partial charge is 0.343 e. The molecular weight excluding hydrogens is 337 g/mol. The Morgan fingerprint density at radius 2 is 1.76 bits per heavy atom. The minimum Gasteiger partial charge on any atom is -0.343 e. The van der Waals surface area contributed by atoms with Gasteiger partial charge >= 0.3 is 6.18 Å². The van der Waals surface area contributed by atoms with Crippen molar-refractivity contribution in [1.82, 2.24) is 15.1 Å². The summed E-state index contributed by atoms with van der Waals surface area (Å²) in [6, 6.07) is 3.76. The fraction of sp³-hybridized carbons (Fsp3) is 0.312. The summed E-state index contributed by atoms with van der Waals surface area (Å²) >= 11 is 0. The van der Waals surface area contributed by atoms with Gasteiger partial charge in [-0.05, 0) is 38.1 Å². The molecule has 2 amide bonds. The molecule has 2 aromatic rings. The van der Waals surface area contributed by atoms with E-state index < -0.39 is 23.6 Å². The van der Waals surface area contributed by atoms with Gasteiger partial charge in [0.25, 0.3) is 5.91 Å². The number of benzene rings is 1. The first kappa shape index (κ1) is 18.5. The van der Waals surface area contributed by atoms with Crippen LogP contribution in [0.1, 0.15) is 27.3 Å². The van der Waals surface area contributed by atoms with Crippen LogP contribution in [0.3, 0.4) is 0 Å². The van der Waals surface area contributed by atoms with Crippen LogP contribution in [0.2, 0.25) is 0 Å². The van der Waals surface area contributed by atoms with E-state index in [0.717, 1.165) is 30.0 Å². The quantitative estimate of drug-likeness (QED) is 0.885. The lowest BCUT2D eigenvalue weighted by molar-refractivity contribution is -0.137. The third-order valence-corrected chi connectivity index (χ3v) is 3.66. The van der Waals surface area contributed by atoms with Gasteiger partial charge in [0.05, 0.1) is 29.2 Å². The second kappa shape index (κ2) is 6.96. The molecule has 0 atom stereocenters. The van der Waals surface area contributed by atoms with Crippen molar-refractivity contribution in [2.75, 3.05) is 11.9 Å². The molecule has 0 saturated carbocycles. The van der Waals surface area contributed by atoms with Gasteiger partial charge in [-0.25, -0.2) is 0 Å². The lowest BCUT2D eigenvalue weighted by Crippen LogP contribution is -2.33. The molecule has 134 valence electrons. The number of nitrogens with zero attached hydrogens (tertiary/aromatic N) is 2. The zero-order chi connectivity index (χ0) is 18.8. The van der Waals surface area contributed by atoms with Crippen molar-refractivity contribution in [3.8, 4) is 0 Å². The van der Waals surface area contributed by atoms with Gasteiger partial charge in [-0.15, -0.1) is 0 Å². The van der Waals surface area contributed by atoms with Gasteiger partial charge in [0.2, 0.25) is 5.91 Å². The predicted molar refractivity (Wildman–Crippen MR) is 85.1 cm³/mol. The normalized spacial score (nSPS) is 11.3. The van der Waals surface area contributed by atoms with Crippen LogP contribution in [-0.4, -0.2) is 28.1 Å². The second-order valence-corrected chi connectivity index (χ2v) is 5.48. The average molecular weight is 354 g/mol. The van der Waals surface area contributed by atoms with Crippen LogP contribution in [0, 0.1) is 13.8 Å². The first-order valence-electron chi connectivity index (χ1n) is 7.35. The summed E-state index contributed by atoms with van der Waals surface area (Å²) in [5, 5.41) is 9.17. The molecule has 0 spiro atoms. The summed E-state index contributed by atoms with van der Waals surface area (Å²) in [6.45, 7) is 3.22. The number of rotatable bonds is 4. The molecule has 1 aromatic carbocycles. The van der Waals surface area contributed by atoms with Gasteiger partial charge in [0.15, 0.2) is 0 Å². The Kier molecular flexibility index (Phi) is 5.15. The highest BCUT2D eigenvalue weighted by atomic mass is 19.4. The summed E-state index contributed by atoms with van der Waals surface area (Å²) in [4.78, 5) is 23.8. The summed E-state index contributed by atoms with van der Waals surface area (Å²) < 4.78 is 39.1. The molecule has 0 aliphatic rings. The third kappa shape index (κ3) is 4.37. The fourth-order valence-electron chi connectivity index (χ4n) is 2.21. The van der Waals surface area contributed by atoms with Crippen molar-refractivity contribution < 1.29 is 22.8 Å². The molecular formula is C16H17F3N4O2. The first-order chi connectivity index (χ1) is 11.6. The van der Waals surface area contributed by atoms with E-state index in [1.807, 2.05) is 0 Å². The van der Waals surface area contributed by atoms with Crippen LogP contribution in [0.15, 0.2) is 24.3 Å². The molecule has 2 N–H and O–H groups in total. The molecule has 1 aromatic heterocycles. The molecule has 0 bridgehead atoms. The van der Waals surface area contributed by atoms with Gasteiger partial charge in [-0.3, -0.25) is 14.3 Å².